The zero-order chi connectivity index (χ0) is 13.7. The van der Waals surface area contributed by atoms with Gasteiger partial charge in [0, 0.05) is 5.57 Å². The van der Waals surface area contributed by atoms with Gasteiger partial charge in [-0.1, -0.05) is 36.4 Å². The Morgan fingerprint density at radius 2 is 2.11 bits per heavy atom. The van der Waals surface area contributed by atoms with Gasteiger partial charge >= 0.3 is 6.09 Å². The predicted molar refractivity (Wildman–Crippen MR) is 72.5 cm³/mol. The molecule has 0 spiro atoms. The molecule has 98 valence electrons. The summed E-state index contributed by atoms with van der Waals surface area (Å²) in [5, 5.41) is 2.64. The first-order chi connectivity index (χ1) is 9.20. The van der Waals surface area contributed by atoms with Crippen LogP contribution in [-0.4, -0.2) is 24.5 Å². The van der Waals surface area contributed by atoms with E-state index in [1.165, 1.54) is 6.08 Å². The maximum Gasteiger partial charge on any atom is 0.407 e. The van der Waals surface area contributed by atoms with Crippen LogP contribution in [0.25, 0.3) is 6.08 Å². The van der Waals surface area contributed by atoms with Crippen molar-refractivity contribution >= 4 is 18.0 Å². The van der Waals surface area contributed by atoms with Crippen LogP contribution >= 0.6 is 0 Å². The van der Waals surface area contributed by atoms with E-state index in [0.717, 1.165) is 5.56 Å². The van der Waals surface area contributed by atoms with Gasteiger partial charge < -0.3 is 10.1 Å². The van der Waals surface area contributed by atoms with E-state index in [0.29, 0.717) is 12.2 Å². The summed E-state index contributed by atoms with van der Waals surface area (Å²) in [5.41, 5.74) is 1.46. The summed E-state index contributed by atoms with van der Waals surface area (Å²) in [5.74, 6) is -0.0920. The van der Waals surface area contributed by atoms with E-state index in [9.17, 15) is 9.59 Å². The highest BCUT2D eigenvalue weighted by Crippen LogP contribution is 2.18. The highest BCUT2D eigenvalue weighted by molar-refractivity contribution is 6.11. The van der Waals surface area contributed by atoms with Crippen LogP contribution in [0.3, 0.4) is 0 Å². The second-order valence-electron chi connectivity index (χ2n) is 4.08. The Kier molecular flexibility index (Phi) is 4.13. The fraction of sp³-hybridized carbons (Fsp3) is 0.200. The van der Waals surface area contributed by atoms with Crippen molar-refractivity contribution in [2.45, 2.75) is 13.0 Å². The molecule has 0 saturated carbocycles. The zero-order valence-electron chi connectivity index (χ0n) is 10.6. The number of ether oxygens (including phenoxy) is 1. The van der Waals surface area contributed by atoms with Crippen molar-refractivity contribution in [1.29, 1.82) is 0 Å². The third-order valence-electron chi connectivity index (χ3n) is 2.73. The van der Waals surface area contributed by atoms with E-state index in [1.54, 1.807) is 19.1 Å². The third-order valence-corrected chi connectivity index (χ3v) is 2.73. The molecule has 0 fully saturated rings. The summed E-state index contributed by atoms with van der Waals surface area (Å²) < 4.78 is 4.82. The number of rotatable bonds is 3. The minimum Gasteiger partial charge on any atom is -0.450 e. The largest absolute Gasteiger partial charge is 0.450 e. The first-order valence-corrected chi connectivity index (χ1v) is 6.13. The molecule has 1 aliphatic rings. The summed E-state index contributed by atoms with van der Waals surface area (Å²) in [6.07, 6.45) is 4.38. The Bertz CT molecular complexity index is 532. The van der Waals surface area contributed by atoms with Gasteiger partial charge in [-0.15, -0.1) is 0 Å². The lowest BCUT2D eigenvalue weighted by atomic mass is 10.1. The lowest BCUT2D eigenvalue weighted by molar-refractivity contribution is -0.111. The molecule has 0 heterocycles. The van der Waals surface area contributed by atoms with Gasteiger partial charge in [-0.05, 0) is 24.6 Å². The number of ketones is 1. The van der Waals surface area contributed by atoms with Crippen LogP contribution < -0.4 is 5.32 Å². The first kappa shape index (κ1) is 13.1. The van der Waals surface area contributed by atoms with Gasteiger partial charge in [0.25, 0.3) is 0 Å². The standard InChI is InChI=1S/C15H15NO3/c1-2-19-15(18)16-13-8-9-14(17)12(13)10-11-6-4-3-5-7-11/h3-10,13H,2H2,1H3,(H,16,18)/b12-10+. The SMILES string of the molecule is CCOC(=O)NC1C=CC(=O)/C1=C/c1ccccc1. The molecule has 0 saturated heterocycles. The third kappa shape index (κ3) is 3.31. The molecule has 0 aromatic heterocycles. The van der Waals surface area contributed by atoms with E-state index in [2.05, 4.69) is 5.32 Å². The van der Waals surface area contributed by atoms with E-state index >= 15 is 0 Å². The van der Waals surface area contributed by atoms with Crippen LogP contribution in [0.4, 0.5) is 4.79 Å². The molecule has 0 radical (unpaired) electrons. The molecule has 0 aliphatic heterocycles. The average molecular weight is 257 g/mol. The van der Waals surface area contributed by atoms with Crippen LogP contribution in [-0.2, 0) is 9.53 Å². The number of allylic oxidation sites excluding steroid dienone is 1. The first-order valence-electron chi connectivity index (χ1n) is 6.13. The maximum absolute atomic E-state index is 11.8. The molecule has 4 heteroatoms. The maximum atomic E-state index is 11.8. The number of carbonyl (C=O) groups is 2. The van der Waals surface area contributed by atoms with Crippen LogP contribution in [0.5, 0.6) is 0 Å². The van der Waals surface area contributed by atoms with Gasteiger partial charge in [-0.2, -0.15) is 0 Å². The number of alkyl carbamates (subject to hydrolysis) is 1. The lowest BCUT2D eigenvalue weighted by Crippen LogP contribution is -2.34. The lowest BCUT2D eigenvalue weighted by Gasteiger charge is -2.12. The zero-order valence-corrected chi connectivity index (χ0v) is 10.6. The van der Waals surface area contributed by atoms with Crippen molar-refractivity contribution in [2.75, 3.05) is 6.61 Å². The van der Waals surface area contributed by atoms with Crippen molar-refractivity contribution in [3.63, 3.8) is 0 Å². The minimum atomic E-state index is -0.522. The molecule has 1 aliphatic carbocycles. The smallest absolute Gasteiger partial charge is 0.407 e. The van der Waals surface area contributed by atoms with E-state index < -0.39 is 12.1 Å². The Balaban J connectivity index is 2.16. The number of hydrogen-bond donors (Lipinski definition) is 1. The van der Waals surface area contributed by atoms with Crippen LogP contribution in [0, 0.1) is 0 Å². The predicted octanol–water partition coefficient (Wildman–Crippen LogP) is 2.32. The Hall–Kier alpha value is -2.36. The van der Waals surface area contributed by atoms with Crippen molar-refractivity contribution in [1.82, 2.24) is 5.32 Å². The molecule has 1 aromatic carbocycles. The summed E-state index contributed by atoms with van der Waals surface area (Å²) >= 11 is 0. The topological polar surface area (TPSA) is 55.4 Å². The highest BCUT2D eigenvalue weighted by Gasteiger charge is 2.24. The second kappa shape index (κ2) is 6.00. The molecular weight excluding hydrogens is 242 g/mol. The molecule has 19 heavy (non-hydrogen) atoms. The molecule has 1 aromatic rings. The van der Waals surface area contributed by atoms with Crippen molar-refractivity contribution in [3.8, 4) is 0 Å². The molecule has 0 bridgehead atoms. The molecule has 1 N–H and O–H groups in total. The molecule has 2 rings (SSSR count). The van der Waals surface area contributed by atoms with E-state index in [-0.39, 0.29) is 5.78 Å². The number of amides is 1. The van der Waals surface area contributed by atoms with Crippen LogP contribution in [0.1, 0.15) is 12.5 Å². The molecule has 1 amide bonds. The van der Waals surface area contributed by atoms with Gasteiger partial charge in [-0.25, -0.2) is 4.79 Å². The summed E-state index contributed by atoms with van der Waals surface area (Å²) in [7, 11) is 0. The summed E-state index contributed by atoms with van der Waals surface area (Å²) in [6, 6.07) is 9.08. The number of hydrogen-bond acceptors (Lipinski definition) is 3. The van der Waals surface area contributed by atoms with Gasteiger partial charge in [0.05, 0.1) is 12.6 Å². The Labute approximate surface area is 111 Å². The van der Waals surface area contributed by atoms with Gasteiger partial charge in [-0.3, -0.25) is 4.79 Å². The Morgan fingerprint density at radius 1 is 1.37 bits per heavy atom. The van der Waals surface area contributed by atoms with Gasteiger partial charge in [0.15, 0.2) is 5.78 Å². The van der Waals surface area contributed by atoms with Gasteiger partial charge in [0.1, 0.15) is 0 Å². The van der Waals surface area contributed by atoms with E-state index in [4.69, 9.17) is 4.74 Å². The minimum absolute atomic E-state index is 0.0920. The van der Waals surface area contributed by atoms with Crippen molar-refractivity contribution in [2.24, 2.45) is 0 Å². The summed E-state index contributed by atoms with van der Waals surface area (Å²) in [4.78, 5) is 23.2. The van der Waals surface area contributed by atoms with Crippen molar-refractivity contribution < 1.29 is 14.3 Å². The van der Waals surface area contributed by atoms with E-state index in [1.807, 2.05) is 30.3 Å². The van der Waals surface area contributed by atoms with Crippen molar-refractivity contribution in [3.05, 3.63) is 53.6 Å². The summed E-state index contributed by atoms with van der Waals surface area (Å²) in [6.45, 7) is 2.03. The Morgan fingerprint density at radius 3 is 2.79 bits per heavy atom. The number of nitrogens with one attached hydrogen (secondary N) is 1. The fourth-order valence-electron chi connectivity index (χ4n) is 1.85. The monoisotopic (exact) mass is 257 g/mol. The molecule has 1 unspecified atom stereocenters. The van der Waals surface area contributed by atoms with Crippen LogP contribution in [0.2, 0.25) is 0 Å². The number of benzene rings is 1. The van der Waals surface area contributed by atoms with Gasteiger partial charge in [0.2, 0.25) is 0 Å². The highest BCUT2D eigenvalue weighted by atomic mass is 16.5. The van der Waals surface area contributed by atoms with Crippen LogP contribution in [0.15, 0.2) is 48.1 Å². The normalized spacial score (nSPS) is 19.7. The second-order valence-corrected chi connectivity index (χ2v) is 4.08. The molecule has 1 atom stereocenters. The quantitative estimate of drug-likeness (QED) is 0.845. The average Bonchev–Trinajstić information content (AvgIpc) is 2.73. The molecule has 4 nitrogen and oxygen atoms in total. The molecular formula is C15H15NO3. The fourth-order valence-corrected chi connectivity index (χ4v) is 1.85. The number of carbonyl (C=O) groups excluding carboxylic acids is 2.